The smallest absolute Gasteiger partial charge is 0.0958 e. The number of aryl methyl sites for hydroxylation is 2. The van der Waals surface area contributed by atoms with Crippen LogP contribution in [-0.2, 0) is 6.54 Å². The Hall–Kier alpha value is -1.35. The van der Waals surface area contributed by atoms with Crippen LogP contribution in [0.15, 0.2) is 18.5 Å². The Bertz CT molecular complexity index is 499. The zero-order valence-corrected chi connectivity index (χ0v) is 10.2. The Morgan fingerprint density at radius 2 is 2.00 bits per heavy atom. The van der Waals surface area contributed by atoms with Gasteiger partial charge in [0.15, 0.2) is 0 Å². The second-order valence-electron chi connectivity index (χ2n) is 4.49. The van der Waals surface area contributed by atoms with E-state index in [1.54, 1.807) is 0 Å². The number of benzene rings is 1. The van der Waals surface area contributed by atoms with E-state index in [4.69, 9.17) is 5.73 Å². The topological polar surface area (TPSA) is 43.8 Å². The minimum atomic E-state index is 0.207. The average molecular weight is 217 g/mol. The summed E-state index contributed by atoms with van der Waals surface area (Å²) in [6.07, 6.45) is 2.88. The number of hydrogen-bond acceptors (Lipinski definition) is 2. The minimum Gasteiger partial charge on any atom is -0.329 e. The summed E-state index contributed by atoms with van der Waals surface area (Å²) in [6.45, 7) is 7.20. The summed E-state index contributed by atoms with van der Waals surface area (Å²) < 4.78 is 2.15. The Balaban J connectivity index is 2.44. The molecule has 0 aliphatic rings. The Morgan fingerprint density at radius 1 is 1.31 bits per heavy atom. The molecule has 2 rings (SSSR count). The van der Waals surface area contributed by atoms with Gasteiger partial charge in [0.2, 0.25) is 0 Å². The minimum absolute atomic E-state index is 0.207. The van der Waals surface area contributed by atoms with Gasteiger partial charge in [-0.1, -0.05) is 6.92 Å². The molecule has 0 fully saturated rings. The summed E-state index contributed by atoms with van der Waals surface area (Å²) in [5.41, 5.74) is 10.8. The SMILES string of the molecule is CCC(N)Cn1cnc2cc(C)c(C)cc21. The number of nitrogens with two attached hydrogens (primary N) is 1. The van der Waals surface area contributed by atoms with E-state index in [-0.39, 0.29) is 6.04 Å². The third-order valence-electron chi connectivity index (χ3n) is 3.19. The van der Waals surface area contributed by atoms with Crippen molar-refractivity contribution in [3.8, 4) is 0 Å². The second-order valence-corrected chi connectivity index (χ2v) is 4.49. The molecule has 0 saturated carbocycles. The molecule has 3 nitrogen and oxygen atoms in total. The molecule has 0 amide bonds. The molecule has 2 aromatic rings. The van der Waals surface area contributed by atoms with Crippen LogP contribution < -0.4 is 5.73 Å². The summed E-state index contributed by atoms with van der Waals surface area (Å²) in [5, 5.41) is 0. The molecule has 1 aromatic heterocycles. The molecule has 1 aromatic carbocycles. The first-order chi connectivity index (χ1) is 7.61. The van der Waals surface area contributed by atoms with E-state index in [1.165, 1.54) is 16.6 Å². The van der Waals surface area contributed by atoms with Gasteiger partial charge in [-0.05, 0) is 43.5 Å². The van der Waals surface area contributed by atoms with Crippen LogP contribution in [0.5, 0.6) is 0 Å². The highest BCUT2D eigenvalue weighted by Gasteiger charge is 2.07. The highest BCUT2D eigenvalue weighted by Crippen LogP contribution is 2.18. The van der Waals surface area contributed by atoms with Gasteiger partial charge in [0.1, 0.15) is 0 Å². The van der Waals surface area contributed by atoms with Gasteiger partial charge in [0.25, 0.3) is 0 Å². The summed E-state index contributed by atoms with van der Waals surface area (Å²) >= 11 is 0. The number of aromatic nitrogens is 2. The van der Waals surface area contributed by atoms with Gasteiger partial charge in [-0.2, -0.15) is 0 Å². The van der Waals surface area contributed by atoms with Gasteiger partial charge >= 0.3 is 0 Å². The number of rotatable bonds is 3. The fourth-order valence-electron chi connectivity index (χ4n) is 1.84. The van der Waals surface area contributed by atoms with Crippen molar-refractivity contribution in [1.82, 2.24) is 9.55 Å². The lowest BCUT2D eigenvalue weighted by Crippen LogP contribution is -2.24. The maximum atomic E-state index is 5.97. The first kappa shape index (κ1) is 11.1. The third kappa shape index (κ3) is 1.95. The van der Waals surface area contributed by atoms with E-state index < -0.39 is 0 Å². The predicted molar refractivity (Wildman–Crippen MR) is 67.5 cm³/mol. The van der Waals surface area contributed by atoms with Crippen molar-refractivity contribution >= 4 is 11.0 Å². The Kier molecular flexibility index (Phi) is 2.97. The molecule has 16 heavy (non-hydrogen) atoms. The zero-order valence-electron chi connectivity index (χ0n) is 10.2. The maximum Gasteiger partial charge on any atom is 0.0958 e. The van der Waals surface area contributed by atoms with Crippen molar-refractivity contribution in [2.45, 2.75) is 39.8 Å². The molecule has 0 bridgehead atoms. The van der Waals surface area contributed by atoms with E-state index in [2.05, 4.69) is 42.5 Å². The van der Waals surface area contributed by atoms with Gasteiger partial charge in [-0.25, -0.2) is 4.98 Å². The highest BCUT2D eigenvalue weighted by molar-refractivity contribution is 5.77. The molecule has 0 aliphatic carbocycles. The molecule has 0 aliphatic heterocycles. The van der Waals surface area contributed by atoms with Gasteiger partial charge in [-0.15, -0.1) is 0 Å². The van der Waals surface area contributed by atoms with Crippen LogP contribution in [0.3, 0.4) is 0 Å². The first-order valence-electron chi connectivity index (χ1n) is 5.79. The van der Waals surface area contributed by atoms with Crippen LogP contribution in [0.2, 0.25) is 0 Å². The average Bonchev–Trinajstić information content (AvgIpc) is 2.62. The number of fused-ring (bicyclic) bond motifs is 1. The molecule has 0 saturated heterocycles. The quantitative estimate of drug-likeness (QED) is 0.858. The van der Waals surface area contributed by atoms with Crippen LogP contribution in [-0.4, -0.2) is 15.6 Å². The summed E-state index contributed by atoms with van der Waals surface area (Å²) in [7, 11) is 0. The number of nitrogens with zero attached hydrogens (tertiary/aromatic N) is 2. The number of hydrogen-bond donors (Lipinski definition) is 1. The summed E-state index contributed by atoms with van der Waals surface area (Å²) in [5.74, 6) is 0. The van der Waals surface area contributed by atoms with Crippen LogP contribution in [0.1, 0.15) is 24.5 Å². The van der Waals surface area contributed by atoms with Gasteiger partial charge in [0.05, 0.1) is 17.4 Å². The lowest BCUT2D eigenvalue weighted by molar-refractivity contribution is 0.548. The van der Waals surface area contributed by atoms with E-state index in [1.807, 2.05) is 6.33 Å². The van der Waals surface area contributed by atoms with E-state index in [0.717, 1.165) is 18.5 Å². The standard InChI is InChI=1S/C13H19N3/c1-4-11(14)7-16-8-15-12-5-9(2)10(3)6-13(12)16/h5-6,8,11H,4,7,14H2,1-3H3. The largest absolute Gasteiger partial charge is 0.329 e. The lowest BCUT2D eigenvalue weighted by Gasteiger charge is -2.10. The molecule has 2 N–H and O–H groups in total. The van der Waals surface area contributed by atoms with Gasteiger partial charge in [0, 0.05) is 12.6 Å². The molecular weight excluding hydrogens is 198 g/mol. The van der Waals surface area contributed by atoms with E-state index in [0.29, 0.717) is 0 Å². The summed E-state index contributed by atoms with van der Waals surface area (Å²) in [6, 6.07) is 4.54. The first-order valence-corrected chi connectivity index (χ1v) is 5.79. The van der Waals surface area contributed by atoms with Crippen molar-refractivity contribution in [2.75, 3.05) is 0 Å². The molecule has 1 atom stereocenters. The van der Waals surface area contributed by atoms with Crippen LogP contribution in [0, 0.1) is 13.8 Å². The van der Waals surface area contributed by atoms with Crippen molar-refractivity contribution in [1.29, 1.82) is 0 Å². The molecular formula is C13H19N3. The second kappa shape index (κ2) is 4.26. The van der Waals surface area contributed by atoms with Gasteiger partial charge in [-0.3, -0.25) is 0 Å². The van der Waals surface area contributed by atoms with Crippen LogP contribution >= 0.6 is 0 Å². The van der Waals surface area contributed by atoms with E-state index in [9.17, 15) is 0 Å². The van der Waals surface area contributed by atoms with Gasteiger partial charge < -0.3 is 10.3 Å². The van der Waals surface area contributed by atoms with Crippen LogP contribution in [0.4, 0.5) is 0 Å². The fourth-order valence-corrected chi connectivity index (χ4v) is 1.84. The normalized spacial score (nSPS) is 13.2. The Labute approximate surface area is 96.3 Å². The van der Waals surface area contributed by atoms with Crippen molar-refractivity contribution in [3.63, 3.8) is 0 Å². The highest BCUT2D eigenvalue weighted by atomic mass is 15.1. The number of imidazole rings is 1. The predicted octanol–water partition coefficient (Wildman–Crippen LogP) is 2.39. The zero-order chi connectivity index (χ0) is 11.7. The summed E-state index contributed by atoms with van der Waals surface area (Å²) in [4.78, 5) is 4.42. The fraction of sp³-hybridized carbons (Fsp3) is 0.462. The van der Waals surface area contributed by atoms with Crippen molar-refractivity contribution in [2.24, 2.45) is 5.73 Å². The molecule has 1 unspecified atom stereocenters. The van der Waals surface area contributed by atoms with Crippen molar-refractivity contribution in [3.05, 3.63) is 29.6 Å². The van der Waals surface area contributed by atoms with Crippen LogP contribution in [0.25, 0.3) is 11.0 Å². The molecule has 0 spiro atoms. The Morgan fingerprint density at radius 3 is 2.69 bits per heavy atom. The molecule has 3 heteroatoms. The van der Waals surface area contributed by atoms with E-state index >= 15 is 0 Å². The molecule has 1 heterocycles. The maximum absolute atomic E-state index is 5.97. The van der Waals surface area contributed by atoms with Crippen molar-refractivity contribution < 1.29 is 0 Å². The molecule has 0 radical (unpaired) electrons. The third-order valence-corrected chi connectivity index (χ3v) is 3.19. The lowest BCUT2D eigenvalue weighted by atomic mass is 10.1. The monoisotopic (exact) mass is 217 g/mol. The molecule has 86 valence electrons.